The standard InChI is InChI=1S/C13H24N2OS/c1-9-6-4-5-7-10(9)8-15-12(16)13(2,3)11(14)17/h9-10H,4-8H2,1-3H3,(H2,14,17)(H,15,16). The zero-order valence-corrected chi connectivity index (χ0v) is 11.9. The maximum Gasteiger partial charge on any atom is 0.232 e. The van der Waals surface area contributed by atoms with E-state index < -0.39 is 5.41 Å². The average Bonchev–Trinajstić information content (AvgIpc) is 2.27. The number of nitrogens with one attached hydrogen (secondary N) is 1. The van der Waals surface area contributed by atoms with Crippen molar-refractivity contribution in [2.75, 3.05) is 6.54 Å². The van der Waals surface area contributed by atoms with E-state index in [1.165, 1.54) is 25.7 Å². The topological polar surface area (TPSA) is 55.1 Å². The molecule has 4 heteroatoms. The number of carbonyl (C=O) groups is 1. The molecule has 0 aromatic heterocycles. The third-order valence-corrected chi connectivity index (χ3v) is 4.51. The largest absolute Gasteiger partial charge is 0.392 e. The molecule has 0 aromatic carbocycles. The van der Waals surface area contributed by atoms with Gasteiger partial charge in [-0.1, -0.05) is 38.4 Å². The maximum absolute atomic E-state index is 12.0. The van der Waals surface area contributed by atoms with Crippen LogP contribution in [0.5, 0.6) is 0 Å². The van der Waals surface area contributed by atoms with Crippen LogP contribution in [-0.4, -0.2) is 17.4 Å². The maximum atomic E-state index is 12.0. The highest BCUT2D eigenvalue weighted by Crippen LogP contribution is 2.29. The zero-order valence-electron chi connectivity index (χ0n) is 11.1. The minimum atomic E-state index is -0.743. The summed E-state index contributed by atoms with van der Waals surface area (Å²) < 4.78 is 0. The highest BCUT2D eigenvalue weighted by molar-refractivity contribution is 7.80. The molecule has 98 valence electrons. The second-order valence-corrected chi connectivity index (χ2v) is 6.16. The lowest BCUT2D eigenvalue weighted by Crippen LogP contribution is -2.46. The van der Waals surface area contributed by atoms with Gasteiger partial charge in [-0.3, -0.25) is 4.79 Å². The molecule has 0 bridgehead atoms. The summed E-state index contributed by atoms with van der Waals surface area (Å²) in [4.78, 5) is 12.2. The molecule has 1 aliphatic rings. The minimum absolute atomic E-state index is 0.0530. The van der Waals surface area contributed by atoms with Crippen molar-refractivity contribution in [2.45, 2.75) is 46.5 Å². The smallest absolute Gasteiger partial charge is 0.232 e. The summed E-state index contributed by atoms with van der Waals surface area (Å²) in [6.45, 7) is 6.57. The third kappa shape index (κ3) is 3.66. The molecule has 0 aliphatic heterocycles. The van der Waals surface area contributed by atoms with E-state index in [0.717, 1.165) is 6.54 Å². The van der Waals surface area contributed by atoms with Crippen LogP contribution in [0.15, 0.2) is 0 Å². The van der Waals surface area contributed by atoms with E-state index >= 15 is 0 Å². The Kier molecular flexibility index (Phi) is 4.92. The highest BCUT2D eigenvalue weighted by atomic mass is 32.1. The van der Waals surface area contributed by atoms with Crippen LogP contribution in [0.4, 0.5) is 0 Å². The molecule has 2 atom stereocenters. The molecule has 1 amide bonds. The highest BCUT2D eigenvalue weighted by Gasteiger charge is 2.31. The second-order valence-electron chi connectivity index (χ2n) is 5.72. The van der Waals surface area contributed by atoms with Gasteiger partial charge in [-0.15, -0.1) is 0 Å². The Bertz CT molecular complexity index is 302. The van der Waals surface area contributed by atoms with Crippen LogP contribution in [0.2, 0.25) is 0 Å². The van der Waals surface area contributed by atoms with Gasteiger partial charge in [0.15, 0.2) is 0 Å². The van der Waals surface area contributed by atoms with Crippen LogP contribution >= 0.6 is 12.2 Å². The third-order valence-electron chi connectivity index (χ3n) is 4.00. The zero-order chi connectivity index (χ0) is 13.1. The predicted molar refractivity (Wildman–Crippen MR) is 74.7 cm³/mol. The van der Waals surface area contributed by atoms with Gasteiger partial charge in [0.2, 0.25) is 5.91 Å². The van der Waals surface area contributed by atoms with Gasteiger partial charge < -0.3 is 11.1 Å². The number of rotatable bonds is 4. The fourth-order valence-corrected chi connectivity index (χ4v) is 2.35. The van der Waals surface area contributed by atoms with Crippen molar-refractivity contribution in [1.29, 1.82) is 0 Å². The molecule has 17 heavy (non-hydrogen) atoms. The quantitative estimate of drug-likeness (QED) is 0.759. The van der Waals surface area contributed by atoms with Crippen LogP contribution in [0, 0.1) is 17.3 Å². The molecule has 1 saturated carbocycles. The molecule has 0 heterocycles. The van der Waals surface area contributed by atoms with E-state index in [1.807, 2.05) is 0 Å². The number of hydrogen-bond donors (Lipinski definition) is 2. The number of nitrogens with two attached hydrogens (primary N) is 1. The van der Waals surface area contributed by atoms with Crippen molar-refractivity contribution in [3.05, 3.63) is 0 Å². The van der Waals surface area contributed by atoms with Crippen molar-refractivity contribution in [1.82, 2.24) is 5.32 Å². The lowest BCUT2D eigenvalue weighted by molar-refractivity contribution is -0.126. The first-order valence-electron chi connectivity index (χ1n) is 6.44. The Morgan fingerprint density at radius 2 is 2.00 bits per heavy atom. The van der Waals surface area contributed by atoms with Gasteiger partial charge in [0.25, 0.3) is 0 Å². The molecule has 1 rings (SSSR count). The molecule has 1 fully saturated rings. The Balaban J connectivity index is 2.45. The van der Waals surface area contributed by atoms with Crippen LogP contribution in [-0.2, 0) is 4.79 Å². The van der Waals surface area contributed by atoms with E-state index in [9.17, 15) is 4.79 Å². The SMILES string of the molecule is CC1CCCCC1CNC(=O)C(C)(C)C(N)=S. The fourth-order valence-electron chi connectivity index (χ4n) is 2.25. The molecular weight excluding hydrogens is 232 g/mol. The van der Waals surface area contributed by atoms with Crippen molar-refractivity contribution in [3.8, 4) is 0 Å². The summed E-state index contributed by atoms with van der Waals surface area (Å²) in [5.41, 5.74) is 4.83. The number of amides is 1. The normalized spacial score (nSPS) is 25.4. The van der Waals surface area contributed by atoms with Crippen LogP contribution < -0.4 is 11.1 Å². The molecule has 1 aliphatic carbocycles. The summed E-state index contributed by atoms with van der Waals surface area (Å²) in [6.07, 6.45) is 5.10. The lowest BCUT2D eigenvalue weighted by Gasteiger charge is -2.30. The molecule has 0 spiro atoms. The summed E-state index contributed by atoms with van der Waals surface area (Å²) >= 11 is 4.92. The van der Waals surface area contributed by atoms with Gasteiger partial charge in [0.05, 0.1) is 10.4 Å². The van der Waals surface area contributed by atoms with E-state index in [-0.39, 0.29) is 10.9 Å². The van der Waals surface area contributed by atoms with Gasteiger partial charge in [-0.25, -0.2) is 0 Å². The van der Waals surface area contributed by atoms with Crippen LogP contribution in [0.25, 0.3) is 0 Å². The Morgan fingerprint density at radius 1 is 1.41 bits per heavy atom. The molecular formula is C13H24N2OS. The summed E-state index contributed by atoms with van der Waals surface area (Å²) in [7, 11) is 0. The number of hydrogen-bond acceptors (Lipinski definition) is 2. The van der Waals surface area contributed by atoms with E-state index in [4.69, 9.17) is 18.0 Å². The molecule has 0 radical (unpaired) electrons. The van der Waals surface area contributed by atoms with E-state index in [1.54, 1.807) is 13.8 Å². The average molecular weight is 256 g/mol. The Hall–Kier alpha value is -0.640. The summed E-state index contributed by atoms with van der Waals surface area (Å²) in [6, 6.07) is 0. The summed E-state index contributed by atoms with van der Waals surface area (Å²) in [5.74, 6) is 1.26. The van der Waals surface area contributed by atoms with Gasteiger partial charge in [0, 0.05) is 6.54 Å². The van der Waals surface area contributed by atoms with Gasteiger partial charge in [0.1, 0.15) is 0 Å². The van der Waals surface area contributed by atoms with Crippen molar-refractivity contribution < 1.29 is 4.79 Å². The van der Waals surface area contributed by atoms with E-state index in [2.05, 4.69) is 12.2 Å². The molecule has 3 N–H and O–H groups in total. The van der Waals surface area contributed by atoms with Gasteiger partial charge >= 0.3 is 0 Å². The van der Waals surface area contributed by atoms with Crippen molar-refractivity contribution >= 4 is 23.1 Å². The molecule has 3 nitrogen and oxygen atoms in total. The second kappa shape index (κ2) is 5.80. The first-order chi connectivity index (χ1) is 7.85. The predicted octanol–water partition coefficient (Wildman–Crippen LogP) is 2.24. The first-order valence-corrected chi connectivity index (χ1v) is 6.84. The van der Waals surface area contributed by atoms with Crippen molar-refractivity contribution in [2.24, 2.45) is 23.0 Å². The molecule has 2 unspecified atom stereocenters. The minimum Gasteiger partial charge on any atom is -0.392 e. The van der Waals surface area contributed by atoms with E-state index in [0.29, 0.717) is 11.8 Å². The Labute approximate surface area is 110 Å². The summed E-state index contributed by atoms with van der Waals surface area (Å²) in [5, 5.41) is 3.00. The van der Waals surface area contributed by atoms with Gasteiger partial charge in [-0.2, -0.15) is 0 Å². The Morgan fingerprint density at radius 3 is 2.53 bits per heavy atom. The van der Waals surface area contributed by atoms with Gasteiger partial charge in [-0.05, 0) is 32.1 Å². The lowest BCUT2D eigenvalue weighted by atomic mass is 9.80. The van der Waals surface area contributed by atoms with Crippen LogP contribution in [0.3, 0.4) is 0 Å². The van der Waals surface area contributed by atoms with Crippen LogP contribution in [0.1, 0.15) is 46.5 Å². The fraction of sp³-hybridized carbons (Fsp3) is 0.846. The van der Waals surface area contributed by atoms with Crippen molar-refractivity contribution in [3.63, 3.8) is 0 Å². The first kappa shape index (κ1) is 14.4. The number of thiocarbonyl (C=S) groups is 1. The molecule has 0 aromatic rings. The number of carbonyl (C=O) groups excluding carboxylic acids is 1. The monoisotopic (exact) mass is 256 g/mol. The molecule has 0 saturated heterocycles.